The zero-order valence-electron chi connectivity index (χ0n) is 13.9. The summed E-state index contributed by atoms with van der Waals surface area (Å²) in [5.41, 5.74) is 2.24. The molecule has 2 aromatic rings. The Morgan fingerprint density at radius 2 is 2.13 bits per heavy atom. The van der Waals surface area contributed by atoms with Gasteiger partial charge in [-0.05, 0) is 51.0 Å². The Morgan fingerprint density at radius 1 is 1.39 bits per heavy atom. The summed E-state index contributed by atoms with van der Waals surface area (Å²) >= 11 is 0. The third-order valence-corrected chi connectivity index (χ3v) is 3.16. The number of rotatable bonds is 4. The summed E-state index contributed by atoms with van der Waals surface area (Å²) in [6.45, 7) is 8.21. The number of carbonyl (C=O) groups is 1. The van der Waals surface area contributed by atoms with E-state index in [-0.39, 0.29) is 5.82 Å². The number of alkyl carbamates (subject to hydrolysis) is 1. The van der Waals surface area contributed by atoms with Crippen molar-refractivity contribution in [2.24, 2.45) is 0 Å². The molecule has 0 atom stereocenters. The van der Waals surface area contributed by atoms with Crippen molar-refractivity contribution < 1.29 is 13.9 Å². The van der Waals surface area contributed by atoms with Gasteiger partial charge < -0.3 is 10.1 Å². The number of nitrogens with one attached hydrogen (secondary N) is 1. The third kappa shape index (κ3) is 5.39. The highest BCUT2D eigenvalue weighted by molar-refractivity contribution is 5.67. The molecule has 0 aliphatic rings. The molecule has 23 heavy (non-hydrogen) atoms. The van der Waals surface area contributed by atoms with Gasteiger partial charge in [-0.2, -0.15) is 5.10 Å². The maximum Gasteiger partial charge on any atom is 0.407 e. The number of hydrogen-bond acceptors (Lipinski definition) is 3. The standard InChI is InChI=1S/C17H22FN3O2/c1-12-7-15(18)6-5-14(12)11-21-10-13(9-20-21)8-19-16(22)23-17(2,3)4/h5-7,9-10H,8,11H2,1-4H3,(H,19,22). The molecule has 1 amide bonds. The summed E-state index contributed by atoms with van der Waals surface area (Å²) in [6, 6.07) is 4.70. The van der Waals surface area contributed by atoms with E-state index in [1.807, 2.05) is 33.9 Å². The van der Waals surface area contributed by atoms with Crippen LogP contribution in [0.4, 0.5) is 9.18 Å². The average molecular weight is 319 g/mol. The van der Waals surface area contributed by atoms with E-state index in [2.05, 4.69) is 10.4 Å². The molecule has 2 rings (SSSR count). The first-order valence-electron chi connectivity index (χ1n) is 7.46. The fourth-order valence-corrected chi connectivity index (χ4v) is 2.08. The summed E-state index contributed by atoms with van der Waals surface area (Å²) in [5.74, 6) is -0.242. The lowest BCUT2D eigenvalue weighted by atomic mass is 10.1. The van der Waals surface area contributed by atoms with Crippen molar-refractivity contribution in [2.75, 3.05) is 0 Å². The minimum atomic E-state index is -0.519. The fourth-order valence-electron chi connectivity index (χ4n) is 2.08. The lowest BCUT2D eigenvalue weighted by Gasteiger charge is -2.19. The van der Waals surface area contributed by atoms with Gasteiger partial charge in [0.2, 0.25) is 0 Å². The number of ether oxygens (including phenoxy) is 1. The van der Waals surface area contributed by atoms with Crippen LogP contribution in [0.1, 0.15) is 37.5 Å². The molecule has 0 saturated heterocycles. The van der Waals surface area contributed by atoms with E-state index in [1.54, 1.807) is 16.9 Å². The SMILES string of the molecule is Cc1cc(F)ccc1Cn1cc(CNC(=O)OC(C)(C)C)cn1. The molecule has 0 bridgehead atoms. The van der Waals surface area contributed by atoms with Crippen LogP contribution in [0.25, 0.3) is 0 Å². The first kappa shape index (κ1) is 17.0. The van der Waals surface area contributed by atoms with Crippen LogP contribution in [0.5, 0.6) is 0 Å². The number of nitrogens with zero attached hydrogens (tertiary/aromatic N) is 2. The van der Waals surface area contributed by atoms with E-state index in [0.717, 1.165) is 16.7 Å². The monoisotopic (exact) mass is 319 g/mol. The number of halogens is 1. The number of carbonyl (C=O) groups excluding carboxylic acids is 1. The predicted octanol–water partition coefficient (Wildman–Crippen LogP) is 3.40. The van der Waals surface area contributed by atoms with Gasteiger partial charge in [-0.25, -0.2) is 9.18 Å². The molecule has 5 nitrogen and oxygen atoms in total. The van der Waals surface area contributed by atoms with Gasteiger partial charge >= 0.3 is 6.09 Å². The lowest BCUT2D eigenvalue weighted by Crippen LogP contribution is -2.32. The molecule has 1 aromatic heterocycles. The van der Waals surface area contributed by atoms with Gasteiger partial charge in [0.1, 0.15) is 11.4 Å². The van der Waals surface area contributed by atoms with Gasteiger partial charge in [0.15, 0.2) is 0 Å². The molecular weight excluding hydrogens is 297 g/mol. The van der Waals surface area contributed by atoms with E-state index in [0.29, 0.717) is 13.1 Å². The van der Waals surface area contributed by atoms with Crippen LogP contribution in [0, 0.1) is 12.7 Å². The number of aryl methyl sites for hydroxylation is 1. The quantitative estimate of drug-likeness (QED) is 0.939. The minimum Gasteiger partial charge on any atom is -0.444 e. The molecule has 124 valence electrons. The van der Waals surface area contributed by atoms with Crippen molar-refractivity contribution >= 4 is 6.09 Å². The molecule has 1 aromatic carbocycles. The summed E-state index contributed by atoms with van der Waals surface area (Å²) in [4.78, 5) is 11.6. The predicted molar refractivity (Wildman–Crippen MR) is 85.5 cm³/mol. The highest BCUT2D eigenvalue weighted by atomic mass is 19.1. The van der Waals surface area contributed by atoms with Crippen molar-refractivity contribution in [3.05, 3.63) is 53.1 Å². The highest BCUT2D eigenvalue weighted by Gasteiger charge is 2.15. The summed E-state index contributed by atoms with van der Waals surface area (Å²) in [7, 11) is 0. The Morgan fingerprint density at radius 3 is 2.78 bits per heavy atom. The van der Waals surface area contributed by atoms with E-state index in [4.69, 9.17) is 4.74 Å². The smallest absolute Gasteiger partial charge is 0.407 e. The van der Waals surface area contributed by atoms with Crippen molar-refractivity contribution in [3.63, 3.8) is 0 Å². The maximum atomic E-state index is 13.1. The van der Waals surface area contributed by atoms with Crippen LogP contribution < -0.4 is 5.32 Å². The fraction of sp³-hybridized carbons (Fsp3) is 0.412. The van der Waals surface area contributed by atoms with Gasteiger partial charge in [0, 0.05) is 18.3 Å². The molecular formula is C17H22FN3O2. The van der Waals surface area contributed by atoms with Gasteiger partial charge in [-0.15, -0.1) is 0 Å². The first-order chi connectivity index (χ1) is 10.7. The Bertz CT molecular complexity index is 689. The van der Waals surface area contributed by atoms with Crippen LogP contribution >= 0.6 is 0 Å². The van der Waals surface area contributed by atoms with Gasteiger partial charge in [0.25, 0.3) is 0 Å². The molecule has 1 heterocycles. The zero-order valence-corrected chi connectivity index (χ0v) is 13.9. The second-order valence-corrected chi connectivity index (χ2v) is 6.47. The minimum absolute atomic E-state index is 0.242. The summed E-state index contributed by atoms with van der Waals surface area (Å²) in [6.07, 6.45) is 3.08. The van der Waals surface area contributed by atoms with Crippen molar-refractivity contribution in [1.29, 1.82) is 0 Å². The lowest BCUT2D eigenvalue weighted by molar-refractivity contribution is 0.0523. The summed E-state index contributed by atoms with van der Waals surface area (Å²) < 4.78 is 20.0. The van der Waals surface area contributed by atoms with Crippen molar-refractivity contribution in [1.82, 2.24) is 15.1 Å². The van der Waals surface area contributed by atoms with Crippen molar-refractivity contribution in [3.8, 4) is 0 Å². The van der Waals surface area contributed by atoms with Crippen molar-refractivity contribution in [2.45, 2.75) is 46.4 Å². The number of amides is 1. The molecule has 1 N–H and O–H groups in total. The molecule has 6 heteroatoms. The van der Waals surface area contributed by atoms with Gasteiger partial charge in [0.05, 0.1) is 12.7 Å². The molecule has 0 spiro atoms. The van der Waals surface area contributed by atoms with E-state index in [9.17, 15) is 9.18 Å². The second kappa shape index (κ2) is 6.81. The van der Waals surface area contributed by atoms with E-state index >= 15 is 0 Å². The van der Waals surface area contributed by atoms with E-state index < -0.39 is 11.7 Å². The van der Waals surface area contributed by atoms with Crippen LogP contribution in [-0.4, -0.2) is 21.5 Å². The average Bonchev–Trinajstić information content (AvgIpc) is 2.85. The molecule has 0 fully saturated rings. The highest BCUT2D eigenvalue weighted by Crippen LogP contribution is 2.12. The Kier molecular flexibility index (Phi) is 5.03. The van der Waals surface area contributed by atoms with Crippen LogP contribution in [0.2, 0.25) is 0 Å². The van der Waals surface area contributed by atoms with Gasteiger partial charge in [-0.3, -0.25) is 4.68 Å². The van der Waals surface area contributed by atoms with Crippen LogP contribution in [0.3, 0.4) is 0 Å². The molecule has 0 aliphatic heterocycles. The van der Waals surface area contributed by atoms with Crippen LogP contribution in [0.15, 0.2) is 30.6 Å². The maximum absolute atomic E-state index is 13.1. The number of hydrogen-bond donors (Lipinski definition) is 1. The normalized spacial score (nSPS) is 11.3. The number of benzene rings is 1. The van der Waals surface area contributed by atoms with Crippen LogP contribution in [-0.2, 0) is 17.8 Å². The zero-order chi connectivity index (χ0) is 17.0. The molecule has 0 saturated carbocycles. The Labute approximate surface area is 135 Å². The van der Waals surface area contributed by atoms with Gasteiger partial charge in [-0.1, -0.05) is 6.07 Å². The second-order valence-electron chi connectivity index (χ2n) is 6.47. The topological polar surface area (TPSA) is 56.2 Å². The van der Waals surface area contributed by atoms with E-state index in [1.165, 1.54) is 12.1 Å². The molecule has 0 radical (unpaired) electrons. The largest absolute Gasteiger partial charge is 0.444 e. The Hall–Kier alpha value is -2.37. The first-order valence-corrected chi connectivity index (χ1v) is 7.46. The summed E-state index contributed by atoms with van der Waals surface area (Å²) in [5, 5.41) is 6.95. The Balaban J connectivity index is 1.92. The number of aromatic nitrogens is 2. The molecule has 0 unspecified atom stereocenters. The third-order valence-electron chi connectivity index (χ3n) is 3.16. The molecule has 0 aliphatic carbocycles.